The van der Waals surface area contributed by atoms with E-state index in [1.807, 2.05) is 0 Å². The van der Waals surface area contributed by atoms with Gasteiger partial charge in [-0.05, 0) is 0 Å². The summed E-state index contributed by atoms with van der Waals surface area (Å²) < 4.78 is 15.2. The molecule has 2 fully saturated rings. The Labute approximate surface area is 119 Å². The second-order valence-corrected chi connectivity index (χ2v) is 5.15. The van der Waals surface area contributed by atoms with Gasteiger partial charge in [0.1, 0.15) is 43.2 Å². The zero-order valence-corrected chi connectivity index (χ0v) is 11.0. The molecule has 124 valence electrons. The van der Waals surface area contributed by atoms with Gasteiger partial charge in [0.2, 0.25) is 5.79 Å². The van der Waals surface area contributed by atoms with Crippen LogP contribution in [-0.2, 0) is 14.2 Å². The van der Waals surface area contributed by atoms with Gasteiger partial charge in [0.15, 0.2) is 6.29 Å². The smallest absolute Gasteiger partial charge is 0.223 e. The highest BCUT2D eigenvalue weighted by atomic mass is 16.8. The van der Waals surface area contributed by atoms with Gasteiger partial charge in [-0.1, -0.05) is 0 Å². The van der Waals surface area contributed by atoms with E-state index in [4.69, 9.17) is 14.2 Å². The fourth-order valence-corrected chi connectivity index (χ4v) is 2.24. The van der Waals surface area contributed by atoms with E-state index >= 15 is 0 Å². The zero-order valence-electron chi connectivity index (χ0n) is 11.0. The molecular weight excluding hydrogens is 292 g/mol. The predicted molar refractivity (Wildman–Crippen MR) is 62.6 cm³/mol. The number of rotatable bonds is 3. The summed E-state index contributed by atoms with van der Waals surface area (Å²) in [5.74, 6) is -2.13. The van der Waals surface area contributed by atoms with Crippen molar-refractivity contribution in [1.82, 2.24) is 0 Å². The average molecular weight is 312 g/mol. The second kappa shape index (κ2) is 6.38. The molecule has 10 nitrogen and oxygen atoms in total. The van der Waals surface area contributed by atoms with Crippen LogP contribution in [0.3, 0.4) is 0 Å². The zero-order chi connectivity index (χ0) is 15.8. The largest absolute Gasteiger partial charge is 0.391 e. The molecule has 0 unspecified atom stereocenters. The molecule has 0 aliphatic carbocycles. The average Bonchev–Trinajstić information content (AvgIpc) is 2.48. The highest BCUT2D eigenvalue weighted by Crippen LogP contribution is 2.31. The van der Waals surface area contributed by atoms with E-state index in [2.05, 4.69) is 0 Å². The van der Waals surface area contributed by atoms with E-state index in [0.29, 0.717) is 0 Å². The first-order chi connectivity index (χ1) is 9.82. The van der Waals surface area contributed by atoms with Gasteiger partial charge in [-0.15, -0.1) is 0 Å². The van der Waals surface area contributed by atoms with Crippen molar-refractivity contribution in [2.45, 2.75) is 48.7 Å². The number of hydrogen-bond acceptors (Lipinski definition) is 10. The molecule has 0 aromatic carbocycles. The highest BCUT2D eigenvalue weighted by molar-refractivity contribution is 4.94. The molecule has 0 saturated carbocycles. The van der Waals surface area contributed by atoms with Crippen LogP contribution in [0.25, 0.3) is 0 Å². The maximum absolute atomic E-state index is 9.92. The van der Waals surface area contributed by atoms with Crippen molar-refractivity contribution in [1.29, 1.82) is 0 Å². The van der Waals surface area contributed by atoms with Crippen LogP contribution in [0.1, 0.15) is 0 Å². The fraction of sp³-hybridized carbons (Fsp3) is 1.00. The lowest BCUT2D eigenvalue weighted by molar-refractivity contribution is -0.406. The maximum atomic E-state index is 9.92. The van der Waals surface area contributed by atoms with E-state index in [-0.39, 0.29) is 6.61 Å². The quantitative estimate of drug-likeness (QED) is 0.268. The molecule has 10 heteroatoms. The molecule has 0 amide bonds. The van der Waals surface area contributed by atoms with Gasteiger partial charge in [0, 0.05) is 0 Å². The van der Waals surface area contributed by atoms with Crippen LogP contribution >= 0.6 is 0 Å². The third-order valence-corrected chi connectivity index (χ3v) is 3.66. The summed E-state index contributed by atoms with van der Waals surface area (Å²) in [6.07, 6.45) is -10.8. The van der Waals surface area contributed by atoms with Crippen LogP contribution in [0.15, 0.2) is 0 Å². The summed E-state index contributed by atoms with van der Waals surface area (Å²) in [6.45, 7) is -1.67. The predicted octanol–water partition coefficient (Wildman–Crippen LogP) is -4.76. The lowest BCUT2D eigenvalue weighted by Gasteiger charge is -2.47. The Balaban J connectivity index is 2.11. The van der Waals surface area contributed by atoms with Crippen molar-refractivity contribution >= 4 is 0 Å². The summed E-state index contributed by atoms with van der Waals surface area (Å²) >= 11 is 0. The van der Waals surface area contributed by atoms with E-state index in [0.717, 1.165) is 0 Å². The first kappa shape index (κ1) is 17.0. The minimum absolute atomic E-state index is 0.342. The second-order valence-electron chi connectivity index (χ2n) is 5.15. The van der Waals surface area contributed by atoms with Crippen molar-refractivity contribution in [3.8, 4) is 0 Å². The van der Waals surface area contributed by atoms with E-state index in [1.165, 1.54) is 0 Å². The lowest BCUT2D eigenvalue weighted by Crippen LogP contribution is -2.67. The summed E-state index contributed by atoms with van der Waals surface area (Å²) in [5.41, 5.74) is 0. The number of hydrogen-bond donors (Lipinski definition) is 7. The third-order valence-electron chi connectivity index (χ3n) is 3.66. The van der Waals surface area contributed by atoms with Crippen molar-refractivity contribution in [2.24, 2.45) is 0 Å². The number of aliphatic hydroxyl groups excluding tert-OH is 7. The topological polar surface area (TPSA) is 169 Å². The van der Waals surface area contributed by atoms with Crippen LogP contribution in [0.5, 0.6) is 0 Å². The lowest BCUT2D eigenvalue weighted by atomic mass is 9.97. The van der Waals surface area contributed by atoms with Crippen molar-refractivity contribution in [3.05, 3.63) is 0 Å². The summed E-state index contributed by atoms with van der Waals surface area (Å²) in [5, 5.41) is 67.0. The van der Waals surface area contributed by atoms with Crippen molar-refractivity contribution in [2.75, 3.05) is 19.8 Å². The monoisotopic (exact) mass is 312 g/mol. The molecule has 0 bridgehead atoms. The Morgan fingerprint density at radius 1 is 0.905 bits per heavy atom. The molecule has 21 heavy (non-hydrogen) atoms. The Hall–Kier alpha value is -0.400. The highest BCUT2D eigenvalue weighted by Gasteiger charge is 2.53. The SMILES string of the molecule is OC[C@@]1(O[C@H]2OC[C@@H](O)[C@H](O)[C@H]2O)OC[C@@H](O)[C@@H](O)[C@@H]1O. The van der Waals surface area contributed by atoms with Gasteiger partial charge >= 0.3 is 0 Å². The Kier molecular flexibility index (Phi) is 5.15. The summed E-state index contributed by atoms with van der Waals surface area (Å²) in [7, 11) is 0. The van der Waals surface area contributed by atoms with Crippen LogP contribution in [-0.4, -0.2) is 104 Å². The first-order valence-corrected chi connectivity index (χ1v) is 6.45. The molecule has 7 N–H and O–H groups in total. The van der Waals surface area contributed by atoms with Gasteiger partial charge < -0.3 is 50.0 Å². The summed E-state index contributed by atoms with van der Waals surface area (Å²) in [6, 6.07) is 0. The third kappa shape index (κ3) is 3.05. The Morgan fingerprint density at radius 3 is 2.14 bits per heavy atom. The fourth-order valence-electron chi connectivity index (χ4n) is 2.24. The van der Waals surface area contributed by atoms with Crippen LogP contribution in [0.2, 0.25) is 0 Å². The molecule has 0 spiro atoms. The maximum Gasteiger partial charge on any atom is 0.223 e. The van der Waals surface area contributed by atoms with Gasteiger partial charge in [0.25, 0.3) is 0 Å². The molecule has 0 aromatic heterocycles. The molecule has 0 aromatic rings. The molecule has 8 atom stereocenters. The minimum Gasteiger partial charge on any atom is -0.391 e. The van der Waals surface area contributed by atoms with Crippen LogP contribution < -0.4 is 0 Å². The molecular formula is C11H20O10. The molecule has 2 rings (SSSR count). The normalized spacial score (nSPS) is 51.9. The van der Waals surface area contributed by atoms with Crippen molar-refractivity contribution in [3.63, 3.8) is 0 Å². The summed E-state index contributed by atoms with van der Waals surface area (Å²) in [4.78, 5) is 0. The molecule has 2 aliphatic heterocycles. The molecule has 2 aliphatic rings. The Morgan fingerprint density at radius 2 is 1.52 bits per heavy atom. The molecule has 0 radical (unpaired) electrons. The van der Waals surface area contributed by atoms with Crippen LogP contribution in [0, 0.1) is 0 Å². The van der Waals surface area contributed by atoms with Gasteiger partial charge in [-0.25, -0.2) is 0 Å². The number of aliphatic hydroxyl groups is 7. The van der Waals surface area contributed by atoms with Gasteiger partial charge in [-0.3, -0.25) is 0 Å². The number of ether oxygens (including phenoxy) is 3. The van der Waals surface area contributed by atoms with Crippen molar-refractivity contribution < 1.29 is 50.0 Å². The van der Waals surface area contributed by atoms with E-state index in [1.54, 1.807) is 0 Å². The van der Waals surface area contributed by atoms with Gasteiger partial charge in [-0.2, -0.15) is 0 Å². The minimum atomic E-state index is -2.13. The first-order valence-electron chi connectivity index (χ1n) is 6.45. The molecule has 2 heterocycles. The Bertz CT molecular complexity index is 354. The van der Waals surface area contributed by atoms with Crippen LogP contribution in [0.4, 0.5) is 0 Å². The standard InChI is InChI=1S/C11H20O10/c12-3-11(9(18)7(16)5(14)2-20-11)21-10-8(17)6(15)4(13)1-19-10/h4-10,12-18H,1-3H2/t4-,5-,6+,7-,8-,9+,10-,11+/m1/s1. The molecule has 2 saturated heterocycles. The van der Waals surface area contributed by atoms with Gasteiger partial charge in [0.05, 0.1) is 13.2 Å². The van der Waals surface area contributed by atoms with E-state index < -0.39 is 61.9 Å². The van der Waals surface area contributed by atoms with E-state index in [9.17, 15) is 35.7 Å².